The lowest BCUT2D eigenvalue weighted by Gasteiger charge is -2.28. The second kappa shape index (κ2) is 11.0. The number of carbonyl (C=O) groups is 1. The van der Waals surface area contributed by atoms with Crippen LogP contribution in [-0.2, 0) is 11.3 Å². The number of methoxy groups -OCH3 is 3. The van der Waals surface area contributed by atoms with Gasteiger partial charge >= 0.3 is 0 Å². The van der Waals surface area contributed by atoms with Crippen molar-refractivity contribution in [3.63, 3.8) is 0 Å². The van der Waals surface area contributed by atoms with E-state index in [0.717, 1.165) is 37.0 Å². The molecule has 9 heteroatoms. The number of rotatable bonds is 9. The van der Waals surface area contributed by atoms with E-state index in [1.165, 1.54) is 0 Å². The number of nitrogens with one attached hydrogen (secondary N) is 2. The van der Waals surface area contributed by atoms with Crippen LogP contribution in [0.2, 0.25) is 0 Å². The van der Waals surface area contributed by atoms with Gasteiger partial charge in [0.2, 0.25) is 0 Å². The zero-order valence-corrected chi connectivity index (χ0v) is 19.8. The molecule has 0 unspecified atom stereocenters. The van der Waals surface area contributed by atoms with E-state index in [-0.39, 0.29) is 18.1 Å². The average Bonchev–Trinajstić information content (AvgIpc) is 3.43. The van der Waals surface area contributed by atoms with Crippen molar-refractivity contribution in [2.24, 2.45) is 0 Å². The average molecular weight is 466 g/mol. The lowest BCUT2D eigenvalue weighted by atomic mass is 9.93. The molecular weight excluding hydrogens is 434 g/mol. The molecular formula is C25H31N5O4. The number of hydrogen-bond donors (Lipinski definition) is 2. The predicted octanol–water partition coefficient (Wildman–Crippen LogP) is 3.58. The number of hydrogen-bond acceptors (Lipinski definition) is 7. The second-order valence-corrected chi connectivity index (χ2v) is 8.25. The molecule has 0 saturated heterocycles. The second-order valence-electron chi connectivity index (χ2n) is 8.25. The van der Waals surface area contributed by atoms with E-state index < -0.39 is 0 Å². The number of aromatic nitrogens is 3. The van der Waals surface area contributed by atoms with Crippen LogP contribution in [0, 0.1) is 0 Å². The zero-order chi connectivity index (χ0) is 23.9. The summed E-state index contributed by atoms with van der Waals surface area (Å²) in [5, 5.41) is 6.52. The highest BCUT2D eigenvalue weighted by atomic mass is 16.5. The topological polar surface area (TPSA) is 99.5 Å². The van der Waals surface area contributed by atoms with Gasteiger partial charge in [-0.25, -0.2) is 9.97 Å². The van der Waals surface area contributed by atoms with Crippen LogP contribution in [0.3, 0.4) is 0 Å². The Morgan fingerprint density at radius 1 is 1.09 bits per heavy atom. The Labute approximate surface area is 199 Å². The standard InChI is InChI=1S/C25H31N5O4/c1-32-19-8-5-18(6-9-19)28-25(31)24-21(10-11-23(29-24)30-13-12-26-16-30)27-15-17-4-7-20(33-2)14-22(17)34-3/h4,7,10-14,16,18-19,27H,5-6,8-9,15H2,1-3H3,(H,28,31). The van der Waals surface area contributed by atoms with Gasteiger partial charge < -0.3 is 24.8 Å². The minimum absolute atomic E-state index is 0.104. The maximum Gasteiger partial charge on any atom is 0.272 e. The lowest BCUT2D eigenvalue weighted by Crippen LogP contribution is -2.39. The van der Waals surface area contributed by atoms with E-state index in [4.69, 9.17) is 14.2 Å². The summed E-state index contributed by atoms with van der Waals surface area (Å²) in [4.78, 5) is 22.1. The van der Waals surface area contributed by atoms with Gasteiger partial charge in [0, 0.05) is 43.7 Å². The van der Waals surface area contributed by atoms with Crippen molar-refractivity contribution in [1.82, 2.24) is 19.9 Å². The van der Waals surface area contributed by atoms with E-state index in [1.54, 1.807) is 44.6 Å². The number of pyridine rings is 1. The first-order valence-electron chi connectivity index (χ1n) is 11.4. The smallest absolute Gasteiger partial charge is 0.272 e. The molecule has 3 aromatic rings. The van der Waals surface area contributed by atoms with Gasteiger partial charge in [-0.3, -0.25) is 9.36 Å². The Balaban J connectivity index is 1.55. The summed E-state index contributed by atoms with van der Waals surface area (Å²) in [7, 11) is 4.98. The van der Waals surface area contributed by atoms with E-state index >= 15 is 0 Å². The molecule has 1 aliphatic carbocycles. The summed E-state index contributed by atoms with van der Waals surface area (Å²) in [6.07, 6.45) is 9.05. The summed E-state index contributed by atoms with van der Waals surface area (Å²) in [6.45, 7) is 0.457. The molecule has 1 aliphatic rings. The molecule has 34 heavy (non-hydrogen) atoms. The summed E-state index contributed by atoms with van der Waals surface area (Å²) in [6, 6.07) is 9.48. The minimum Gasteiger partial charge on any atom is -0.497 e. The third kappa shape index (κ3) is 5.48. The van der Waals surface area contributed by atoms with Gasteiger partial charge in [-0.2, -0.15) is 0 Å². The Morgan fingerprint density at radius 2 is 1.91 bits per heavy atom. The number of carbonyl (C=O) groups excluding carboxylic acids is 1. The zero-order valence-electron chi connectivity index (χ0n) is 19.8. The fourth-order valence-electron chi connectivity index (χ4n) is 4.19. The molecule has 1 aromatic carbocycles. The van der Waals surface area contributed by atoms with Crippen LogP contribution in [-0.4, -0.2) is 53.9 Å². The lowest BCUT2D eigenvalue weighted by molar-refractivity contribution is 0.0598. The maximum absolute atomic E-state index is 13.3. The van der Waals surface area contributed by atoms with Crippen molar-refractivity contribution in [2.75, 3.05) is 26.6 Å². The van der Waals surface area contributed by atoms with Crippen LogP contribution in [0.15, 0.2) is 49.1 Å². The quantitative estimate of drug-likeness (QED) is 0.498. The first kappa shape index (κ1) is 23.6. The van der Waals surface area contributed by atoms with Crippen molar-refractivity contribution < 1.29 is 19.0 Å². The monoisotopic (exact) mass is 465 g/mol. The number of anilines is 1. The van der Waals surface area contributed by atoms with Gasteiger partial charge in [-0.15, -0.1) is 0 Å². The van der Waals surface area contributed by atoms with Gasteiger partial charge in [0.05, 0.1) is 26.0 Å². The molecule has 1 amide bonds. The van der Waals surface area contributed by atoms with Gasteiger partial charge in [0.1, 0.15) is 23.6 Å². The summed E-state index contributed by atoms with van der Waals surface area (Å²) < 4.78 is 18.0. The molecule has 0 radical (unpaired) electrons. The Bertz CT molecular complexity index is 1090. The molecule has 9 nitrogen and oxygen atoms in total. The number of benzene rings is 1. The third-order valence-electron chi connectivity index (χ3n) is 6.17. The highest BCUT2D eigenvalue weighted by Gasteiger charge is 2.24. The molecule has 1 saturated carbocycles. The van der Waals surface area contributed by atoms with Gasteiger partial charge in [-0.05, 0) is 49.9 Å². The van der Waals surface area contributed by atoms with E-state index in [9.17, 15) is 4.79 Å². The van der Waals surface area contributed by atoms with Crippen LogP contribution in [0.5, 0.6) is 11.5 Å². The normalized spacial score (nSPS) is 17.7. The molecule has 180 valence electrons. The van der Waals surface area contributed by atoms with Crippen LogP contribution < -0.4 is 20.1 Å². The number of imidazole rings is 1. The van der Waals surface area contributed by atoms with E-state index in [2.05, 4.69) is 20.6 Å². The number of ether oxygens (including phenoxy) is 3. The van der Waals surface area contributed by atoms with E-state index in [1.807, 2.05) is 30.3 Å². The SMILES string of the molecule is COc1ccc(CNc2ccc(-n3ccnc3)nc2C(=O)NC2CCC(OC)CC2)c(OC)c1. The summed E-state index contributed by atoms with van der Waals surface area (Å²) in [5.74, 6) is 1.84. The molecule has 2 aromatic heterocycles. The largest absolute Gasteiger partial charge is 0.497 e. The fourth-order valence-corrected chi connectivity index (χ4v) is 4.19. The van der Waals surface area contributed by atoms with Gasteiger partial charge in [0.25, 0.3) is 5.91 Å². The predicted molar refractivity (Wildman–Crippen MR) is 129 cm³/mol. The van der Waals surface area contributed by atoms with Crippen LogP contribution in [0.25, 0.3) is 5.82 Å². The van der Waals surface area contributed by atoms with Crippen molar-refractivity contribution in [2.45, 2.75) is 44.4 Å². The van der Waals surface area contributed by atoms with E-state index in [0.29, 0.717) is 29.5 Å². The Kier molecular flexibility index (Phi) is 7.64. The maximum atomic E-state index is 13.3. The third-order valence-corrected chi connectivity index (χ3v) is 6.17. The van der Waals surface area contributed by atoms with Crippen molar-refractivity contribution in [3.05, 3.63) is 60.3 Å². The van der Waals surface area contributed by atoms with Crippen LogP contribution in [0.4, 0.5) is 5.69 Å². The van der Waals surface area contributed by atoms with Crippen LogP contribution in [0.1, 0.15) is 41.7 Å². The highest BCUT2D eigenvalue weighted by molar-refractivity contribution is 5.98. The number of nitrogens with zero attached hydrogens (tertiary/aromatic N) is 3. The fraction of sp³-hybridized carbons (Fsp3) is 0.400. The summed E-state index contributed by atoms with van der Waals surface area (Å²) in [5.41, 5.74) is 1.92. The summed E-state index contributed by atoms with van der Waals surface area (Å²) >= 11 is 0. The molecule has 1 fully saturated rings. The molecule has 0 aliphatic heterocycles. The molecule has 2 heterocycles. The Hall–Kier alpha value is -3.59. The molecule has 0 spiro atoms. The highest BCUT2D eigenvalue weighted by Crippen LogP contribution is 2.27. The molecule has 0 atom stereocenters. The molecule has 2 N–H and O–H groups in total. The first-order valence-corrected chi connectivity index (χ1v) is 11.4. The van der Waals surface area contributed by atoms with Crippen molar-refractivity contribution in [3.8, 4) is 17.3 Å². The van der Waals surface area contributed by atoms with Crippen molar-refractivity contribution >= 4 is 11.6 Å². The first-order chi connectivity index (χ1) is 16.6. The van der Waals surface area contributed by atoms with Gasteiger partial charge in [0.15, 0.2) is 5.69 Å². The van der Waals surface area contributed by atoms with Crippen LogP contribution >= 0.6 is 0 Å². The van der Waals surface area contributed by atoms with Crippen molar-refractivity contribution in [1.29, 1.82) is 0 Å². The number of amides is 1. The Morgan fingerprint density at radius 3 is 2.59 bits per heavy atom. The molecule has 0 bridgehead atoms. The van der Waals surface area contributed by atoms with Gasteiger partial charge in [-0.1, -0.05) is 0 Å². The molecule has 4 rings (SSSR count). The minimum atomic E-state index is -0.202.